The van der Waals surface area contributed by atoms with Crippen LogP contribution in [-0.4, -0.2) is 48.6 Å². The number of ether oxygens (including phenoxy) is 3. The molecule has 2 heterocycles. The van der Waals surface area contributed by atoms with E-state index in [4.69, 9.17) is 25.8 Å². The van der Waals surface area contributed by atoms with Gasteiger partial charge in [0.1, 0.15) is 24.7 Å². The monoisotopic (exact) mass is 443 g/mol. The number of methoxy groups -OCH3 is 1. The fourth-order valence-corrected chi connectivity index (χ4v) is 4.16. The maximum Gasteiger partial charge on any atom is 0.295 e. The summed E-state index contributed by atoms with van der Waals surface area (Å²) in [5.41, 5.74) is 0.984. The highest BCUT2D eigenvalue weighted by atomic mass is 35.5. The third-order valence-electron chi connectivity index (χ3n) is 5.31. The number of nitrogens with zero attached hydrogens (tertiary/aromatic N) is 1. The highest BCUT2D eigenvalue weighted by Gasteiger charge is 2.46. The molecular formula is C23H22ClNO6. The van der Waals surface area contributed by atoms with Crippen LogP contribution in [0, 0.1) is 0 Å². The minimum atomic E-state index is -0.753. The number of carbonyl (C=O) groups excluding carboxylic acids is 2. The highest BCUT2D eigenvalue weighted by Crippen LogP contribution is 2.43. The summed E-state index contributed by atoms with van der Waals surface area (Å²) in [6.45, 7) is 3.15. The molecular weight excluding hydrogens is 422 g/mol. The standard InChI is InChI=1S/C23H22ClNO6/c1-3-8-25-20(13-4-7-17-18(12-13)31-10-9-30-17)19(22(27)23(25)28)21(26)14-5-6-16(29-2)15(24)11-14/h4-7,11-12,20,26H,3,8-10H2,1-2H3/b21-19+. The molecule has 1 saturated heterocycles. The number of hydrogen-bond acceptors (Lipinski definition) is 6. The van der Waals surface area contributed by atoms with Gasteiger partial charge in [-0.05, 0) is 42.3 Å². The van der Waals surface area contributed by atoms with Crippen LogP contribution in [0.5, 0.6) is 17.2 Å². The Morgan fingerprint density at radius 1 is 1.16 bits per heavy atom. The van der Waals surface area contributed by atoms with Gasteiger partial charge in [0.2, 0.25) is 0 Å². The lowest BCUT2D eigenvalue weighted by atomic mass is 9.95. The Bertz CT molecular complexity index is 1080. The minimum Gasteiger partial charge on any atom is -0.507 e. The minimum absolute atomic E-state index is 0.0105. The van der Waals surface area contributed by atoms with Gasteiger partial charge in [0.25, 0.3) is 11.7 Å². The summed E-state index contributed by atoms with van der Waals surface area (Å²) in [4.78, 5) is 27.3. The Morgan fingerprint density at radius 2 is 1.90 bits per heavy atom. The Labute approximate surface area is 184 Å². The molecule has 2 aromatic rings. The number of aliphatic hydroxyl groups excluding tert-OH is 1. The predicted octanol–water partition coefficient (Wildman–Crippen LogP) is 3.95. The molecule has 0 aliphatic carbocycles. The third kappa shape index (κ3) is 3.70. The number of likely N-dealkylation sites (tertiary alicyclic amines) is 1. The van der Waals surface area contributed by atoms with Crippen molar-refractivity contribution in [1.29, 1.82) is 0 Å². The van der Waals surface area contributed by atoms with Crippen molar-refractivity contribution in [3.8, 4) is 17.2 Å². The van der Waals surface area contributed by atoms with Gasteiger partial charge in [-0.25, -0.2) is 0 Å². The van der Waals surface area contributed by atoms with Gasteiger partial charge in [0.05, 0.1) is 23.7 Å². The highest BCUT2D eigenvalue weighted by molar-refractivity contribution is 6.46. The summed E-state index contributed by atoms with van der Waals surface area (Å²) < 4.78 is 16.4. The van der Waals surface area contributed by atoms with Gasteiger partial charge in [-0.15, -0.1) is 0 Å². The number of carbonyl (C=O) groups is 2. The van der Waals surface area contributed by atoms with Crippen molar-refractivity contribution in [3.63, 3.8) is 0 Å². The first-order valence-electron chi connectivity index (χ1n) is 9.98. The maximum absolute atomic E-state index is 13.0. The Balaban J connectivity index is 1.86. The number of halogens is 1. The molecule has 0 spiro atoms. The second-order valence-electron chi connectivity index (χ2n) is 7.24. The lowest BCUT2D eigenvalue weighted by molar-refractivity contribution is -0.139. The fourth-order valence-electron chi connectivity index (χ4n) is 3.90. The summed E-state index contributed by atoms with van der Waals surface area (Å²) in [5, 5.41) is 11.4. The van der Waals surface area contributed by atoms with Crippen molar-refractivity contribution in [2.75, 3.05) is 26.9 Å². The second kappa shape index (κ2) is 8.51. The number of fused-ring (bicyclic) bond motifs is 1. The molecule has 0 aromatic heterocycles. The molecule has 0 saturated carbocycles. The van der Waals surface area contributed by atoms with Crippen molar-refractivity contribution < 1.29 is 28.9 Å². The Morgan fingerprint density at radius 3 is 2.58 bits per heavy atom. The van der Waals surface area contributed by atoms with E-state index in [2.05, 4.69) is 0 Å². The number of hydrogen-bond donors (Lipinski definition) is 1. The van der Waals surface area contributed by atoms with E-state index >= 15 is 0 Å². The number of Topliss-reactive ketones (excluding diaryl/α,β-unsaturated/α-hetero) is 1. The van der Waals surface area contributed by atoms with Gasteiger partial charge in [-0.2, -0.15) is 0 Å². The zero-order chi connectivity index (χ0) is 22.1. The molecule has 2 aliphatic rings. The Hall–Kier alpha value is -3.19. The number of aliphatic hydroxyl groups is 1. The van der Waals surface area contributed by atoms with Gasteiger partial charge in [-0.3, -0.25) is 9.59 Å². The van der Waals surface area contributed by atoms with E-state index in [1.807, 2.05) is 6.92 Å². The topological polar surface area (TPSA) is 85.3 Å². The van der Waals surface area contributed by atoms with Crippen molar-refractivity contribution in [2.45, 2.75) is 19.4 Å². The molecule has 1 atom stereocenters. The number of ketones is 1. The molecule has 1 fully saturated rings. The molecule has 0 radical (unpaired) electrons. The van der Waals surface area contributed by atoms with Gasteiger partial charge < -0.3 is 24.2 Å². The normalized spacial score (nSPS) is 19.6. The van der Waals surface area contributed by atoms with Crippen LogP contribution in [0.2, 0.25) is 5.02 Å². The number of benzene rings is 2. The molecule has 31 heavy (non-hydrogen) atoms. The molecule has 2 aliphatic heterocycles. The first-order valence-corrected chi connectivity index (χ1v) is 10.4. The van der Waals surface area contributed by atoms with E-state index in [0.29, 0.717) is 54.6 Å². The van der Waals surface area contributed by atoms with Crippen molar-refractivity contribution in [2.24, 2.45) is 0 Å². The molecule has 8 heteroatoms. The summed E-state index contributed by atoms with van der Waals surface area (Å²) in [5.74, 6) is -0.0992. The first kappa shape index (κ1) is 21.1. The number of amides is 1. The van der Waals surface area contributed by atoms with Gasteiger partial charge >= 0.3 is 0 Å². The van der Waals surface area contributed by atoms with Crippen LogP contribution in [0.15, 0.2) is 42.0 Å². The zero-order valence-corrected chi connectivity index (χ0v) is 17.9. The summed E-state index contributed by atoms with van der Waals surface area (Å²) in [7, 11) is 1.49. The second-order valence-corrected chi connectivity index (χ2v) is 7.65. The fraction of sp³-hybridized carbons (Fsp3) is 0.304. The van der Waals surface area contributed by atoms with E-state index in [-0.39, 0.29) is 16.4 Å². The smallest absolute Gasteiger partial charge is 0.295 e. The predicted molar refractivity (Wildman–Crippen MR) is 115 cm³/mol. The van der Waals surface area contributed by atoms with Crippen molar-refractivity contribution in [1.82, 2.24) is 4.90 Å². The molecule has 1 amide bonds. The van der Waals surface area contributed by atoms with Crippen LogP contribution in [-0.2, 0) is 9.59 Å². The van der Waals surface area contributed by atoms with Crippen LogP contribution in [0.4, 0.5) is 0 Å². The van der Waals surface area contributed by atoms with E-state index in [1.54, 1.807) is 30.3 Å². The van der Waals surface area contributed by atoms with Crippen LogP contribution in [0.1, 0.15) is 30.5 Å². The SMILES string of the molecule is CCCN1C(=O)C(=O)/C(=C(/O)c2ccc(OC)c(Cl)c2)C1c1ccc2c(c1)OCCO2. The largest absolute Gasteiger partial charge is 0.507 e. The van der Waals surface area contributed by atoms with Crippen LogP contribution >= 0.6 is 11.6 Å². The molecule has 4 rings (SSSR count). The Kier molecular flexibility index (Phi) is 5.78. The summed E-state index contributed by atoms with van der Waals surface area (Å²) >= 11 is 6.21. The van der Waals surface area contributed by atoms with E-state index in [1.165, 1.54) is 18.1 Å². The van der Waals surface area contributed by atoms with Gasteiger partial charge in [0, 0.05) is 12.1 Å². The third-order valence-corrected chi connectivity index (χ3v) is 5.61. The summed E-state index contributed by atoms with van der Waals surface area (Å²) in [6, 6.07) is 9.22. The lowest BCUT2D eigenvalue weighted by Gasteiger charge is -2.26. The van der Waals surface area contributed by atoms with Crippen LogP contribution in [0.3, 0.4) is 0 Å². The summed E-state index contributed by atoms with van der Waals surface area (Å²) in [6.07, 6.45) is 0.655. The zero-order valence-electron chi connectivity index (χ0n) is 17.2. The average molecular weight is 444 g/mol. The maximum atomic E-state index is 13.0. The molecule has 1 N–H and O–H groups in total. The molecule has 162 valence electrons. The molecule has 2 aromatic carbocycles. The average Bonchev–Trinajstić information content (AvgIpc) is 3.03. The lowest BCUT2D eigenvalue weighted by Crippen LogP contribution is -2.30. The van der Waals surface area contributed by atoms with Gasteiger partial charge in [0.15, 0.2) is 11.5 Å². The van der Waals surface area contributed by atoms with Crippen molar-refractivity contribution in [3.05, 3.63) is 58.1 Å². The quantitative estimate of drug-likeness (QED) is 0.428. The van der Waals surface area contributed by atoms with Gasteiger partial charge in [-0.1, -0.05) is 24.6 Å². The van der Waals surface area contributed by atoms with E-state index in [9.17, 15) is 14.7 Å². The van der Waals surface area contributed by atoms with Crippen LogP contribution in [0.25, 0.3) is 5.76 Å². The number of rotatable bonds is 5. The van der Waals surface area contributed by atoms with Crippen molar-refractivity contribution >= 4 is 29.1 Å². The van der Waals surface area contributed by atoms with E-state index < -0.39 is 17.7 Å². The molecule has 7 nitrogen and oxygen atoms in total. The molecule has 0 bridgehead atoms. The van der Waals surface area contributed by atoms with E-state index in [0.717, 1.165) is 0 Å². The molecule has 1 unspecified atom stereocenters. The first-order chi connectivity index (χ1) is 15.0. The van der Waals surface area contributed by atoms with Crippen LogP contribution < -0.4 is 14.2 Å².